The molecule has 5 rings (SSSR count). The lowest BCUT2D eigenvalue weighted by Gasteiger charge is -2.29. The lowest BCUT2D eigenvalue weighted by molar-refractivity contribution is -0.138. The van der Waals surface area contributed by atoms with Crippen molar-refractivity contribution >= 4 is 28.6 Å². The maximum absolute atomic E-state index is 13.5. The van der Waals surface area contributed by atoms with E-state index in [-0.39, 0.29) is 24.4 Å². The summed E-state index contributed by atoms with van der Waals surface area (Å²) in [6.07, 6.45) is 8.20. The maximum Gasteiger partial charge on any atom is 0.325 e. The lowest BCUT2D eigenvalue weighted by atomic mass is 9.88. The van der Waals surface area contributed by atoms with Crippen molar-refractivity contribution in [2.24, 2.45) is 0 Å². The third kappa shape index (κ3) is 3.40. The number of hydrogen-bond acceptors (Lipinski definition) is 3. The van der Waals surface area contributed by atoms with Gasteiger partial charge in [-0.2, -0.15) is 0 Å². The van der Waals surface area contributed by atoms with Crippen molar-refractivity contribution in [2.75, 3.05) is 6.54 Å². The van der Waals surface area contributed by atoms with Crippen LogP contribution in [0.5, 0.6) is 0 Å². The molecule has 1 aliphatic heterocycles. The monoisotopic (exact) mass is 417 g/mol. The number of rotatable bonds is 5. The van der Waals surface area contributed by atoms with Crippen LogP contribution in [0.4, 0.5) is 4.79 Å². The van der Waals surface area contributed by atoms with Crippen LogP contribution in [0.25, 0.3) is 10.8 Å². The van der Waals surface area contributed by atoms with Crippen molar-refractivity contribution in [1.82, 2.24) is 15.1 Å². The van der Waals surface area contributed by atoms with E-state index in [9.17, 15) is 14.4 Å². The Bertz CT molecular complexity index is 1100. The van der Waals surface area contributed by atoms with Crippen molar-refractivity contribution < 1.29 is 14.4 Å². The number of carbonyl (C=O) groups is 3. The van der Waals surface area contributed by atoms with Gasteiger partial charge in [0.25, 0.3) is 5.91 Å². The highest BCUT2D eigenvalue weighted by Gasteiger charge is 2.51. The van der Waals surface area contributed by atoms with Gasteiger partial charge in [0.2, 0.25) is 5.91 Å². The molecule has 160 valence electrons. The van der Waals surface area contributed by atoms with E-state index < -0.39 is 11.6 Å². The summed E-state index contributed by atoms with van der Waals surface area (Å²) in [6, 6.07) is 13.2. The number of imide groups is 1. The SMILES string of the molecule is CC1(c2cccc3ccccc23)NC(=O)N(CC(=O)N(C2=CCCCC2)C2CC2)C1=O. The van der Waals surface area contributed by atoms with Gasteiger partial charge in [-0.25, -0.2) is 4.79 Å². The number of urea groups is 1. The number of allylic oxidation sites excluding steroid dienone is 2. The van der Waals surface area contributed by atoms with E-state index in [1.807, 2.05) is 47.4 Å². The fourth-order valence-electron chi connectivity index (χ4n) is 4.87. The average Bonchev–Trinajstić information content (AvgIpc) is 3.59. The van der Waals surface area contributed by atoms with Crippen LogP contribution in [0.1, 0.15) is 51.0 Å². The van der Waals surface area contributed by atoms with Gasteiger partial charge in [-0.15, -0.1) is 0 Å². The predicted octanol–water partition coefficient (Wildman–Crippen LogP) is 4.06. The number of hydrogen-bond donors (Lipinski definition) is 1. The van der Waals surface area contributed by atoms with E-state index in [0.29, 0.717) is 0 Å². The van der Waals surface area contributed by atoms with Crippen LogP contribution < -0.4 is 5.32 Å². The fraction of sp³-hybridized carbons (Fsp3) is 0.400. The van der Waals surface area contributed by atoms with Gasteiger partial charge < -0.3 is 10.2 Å². The van der Waals surface area contributed by atoms with Crippen molar-refractivity contribution in [3.63, 3.8) is 0 Å². The fourth-order valence-corrected chi connectivity index (χ4v) is 4.87. The number of fused-ring (bicyclic) bond motifs is 1. The minimum atomic E-state index is -1.20. The Morgan fingerprint density at radius 1 is 1.13 bits per heavy atom. The molecule has 2 aliphatic carbocycles. The highest BCUT2D eigenvalue weighted by atomic mass is 16.2. The molecular formula is C25H27N3O3. The van der Waals surface area contributed by atoms with Gasteiger partial charge in [-0.05, 0) is 61.8 Å². The molecule has 31 heavy (non-hydrogen) atoms. The number of benzene rings is 2. The third-order valence-electron chi connectivity index (χ3n) is 6.65. The minimum Gasteiger partial charge on any atom is -0.319 e. The second kappa shape index (κ2) is 7.52. The Kier molecular flexibility index (Phi) is 4.80. The first kappa shape index (κ1) is 19.8. The number of nitrogens with one attached hydrogen (secondary N) is 1. The Morgan fingerprint density at radius 2 is 1.90 bits per heavy atom. The zero-order valence-corrected chi connectivity index (χ0v) is 17.8. The zero-order chi connectivity index (χ0) is 21.6. The molecule has 1 unspecified atom stereocenters. The van der Waals surface area contributed by atoms with Gasteiger partial charge in [0.15, 0.2) is 0 Å². The Hall–Kier alpha value is -3.15. The lowest BCUT2D eigenvalue weighted by Crippen LogP contribution is -2.45. The van der Waals surface area contributed by atoms with Gasteiger partial charge >= 0.3 is 6.03 Å². The smallest absolute Gasteiger partial charge is 0.319 e. The summed E-state index contributed by atoms with van der Waals surface area (Å²) in [6.45, 7) is 1.50. The van der Waals surface area contributed by atoms with Crippen LogP contribution in [0.15, 0.2) is 54.2 Å². The zero-order valence-electron chi connectivity index (χ0n) is 17.8. The molecular weight excluding hydrogens is 390 g/mol. The van der Waals surface area contributed by atoms with E-state index in [1.54, 1.807) is 6.92 Å². The van der Waals surface area contributed by atoms with E-state index >= 15 is 0 Å². The van der Waals surface area contributed by atoms with Gasteiger partial charge in [0.05, 0.1) is 0 Å². The standard InChI is InChI=1S/C25H27N3O3/c1-25(21-13-7-9-17-8-5-6-12-20(17)21)23(30)27(24(31)26-25)16-22(29)28(19-14-15-19)18-10-3-2-4-11-18/h5-10,12-13,19H,2-4,11,14-16H2,1H3,(H,26,31). The average molecular weight is 418 g/mol. The van der Waals surface area contributed by atoms with Crippen LogP contribution in [0.2, 0.25) is 0 Å². The Morgan fingerprint density at radius 3 is 2.65 bits per heavy atom. The summed E-state index contributed by atoms with van der Waals surface area (Å²) in [7, 11) is 0. The molecule has 1 atom stereocenters. The van der Waals surface area contributed by atoms with Crippen molar-refractivity contribution in [1.29, 1.82) is 0 Å². The number of nitrogens with zero attached hydrogens (tertiary/aromatic N) is 2. The molecule has 2 fully saturated rings. The highest BCUT2D eigenvalue weighted by molar-refractivity contribution is 6.10. The summed E-state index contributed by atoms with van der Waals surface area (Å²) in [5, 5.41) is 4.78. The molecule has 0 bridgehead atoms. The van der Waals surface area contributed by atoms with Crippen molar-refractivity contribution in [3.05, 3.63) is 59.8 Å². The molecule has 6 nitrogen and oxygen atoms in total. The molecule has 0 aromatic heterocycles. The van der Waals surface area contributed by atoms with Crippen LogP contribution in [-0.4, -0.2) is 40.2 Å². The molecule has 0 spiro atoms. The summed E-state index contributed by atoms with van der Waals surface area (Å²) in [5.74, 6) is -0.545. The normalized spacial score (nSPS) is 23.6. The first-order valence-electron chi connectivity index (χ1n) is 11.1. The van der Waals surface area contributed by atoms with Crippen LogP contribution in [0, 0.1) is 0 Å². The van der Waals surface area contributed by atoms with Crippen molar-refractivity contribution in [2.45, 2.75) is 57.0 Å². The first-order valence-corrected chi connectivity index (χ1v) is 11.1. The molecule has 0 radical (unpaired) electrons. The van der Waals surface area contributed by atoms with Gasteiger partial charge in [-0.3, -0.25) is 14.5 Å². The number of amides is 4. The van der Waals surface area contributed by atoms with Crippen LogP contribution in [-0.2, 0) is 15.1 Å². The van der Waals surface area contributed by atoms with Crippen LogP contribution in [0.3, 0.4) is 0 Å². The minimum absolute atomic E-state index is 0.165. The molecule has 4 amide bonds. The molecule has 1 N–H and O–H groups in total. The van der Waals surface area contributed by atoms with Crippen molar-refractivity contribution in [3.8, 4) is 0 Å². The molecule has 1 heterocycles. The summed E-state index contributed by atoms with van der Waals surface area (Å²) in [5.41, 5.74) is 0.600. The maximum atomic E-state index is 13.5. The molecule has 1 saturated carbocycles. The second-order valence-corrected chi connectivity index (χ2v) is 8.91. The Labute approximate surface area is 181 Å². The largest absolute Gasteiger partial charge is 0.325 e. The van der Waals surface area contributed by atoms with Gasteiger partial charge in [0.1, 0.15) is 12.1 Å². The summed E-state index contributed by atoms with van der Waals surface area (Å²) >= 11 is 0. The van der Waals surface area contributed by atoms with E-state index in [1.165, 1.54) is 0 Å². The molecule has 1 saturated heterocycles. The molecule has 6 heteroatoms. The van der Waals surface area contributed by atoms with Gasteiger partial charge in [0, 0.05) is 11.7 Å². The Balaban J connectivity index is 1.42. The van der Waals surface area contributed by atoms with E-state index in [2.05, 4.69) is 11.4 Å². The highest BCUT2D eigenvalue weighted by Crippen LogP contribution is 2.36. The van der Waals surface area contributed by atoms with E-state index in [0.717, 1.165) is 65.5 Å². The summed E-state index contributed by atoms with van der Waals surface area (Å²) in [4.78, 5) is 42.5. The first-order chi connectivity index (χ1) is 15.0. The van der Waals surface area contributed by atoms with Crippen LogP contribution >= 0.6 is 0 Å². The molecule has 2 aromatic carbocycles. The predicted molar refractivity (Wildman–Crippen MR) is 118 cm³/mol. The molecule has 3 aliphatic rings. The third-order valence-corrected chi connectivity index (χ3v) is 6.65. The van der Waals surface area contributed by atoms with E-state index in [4.69, 9.17) is 0 Å². The summed E-state index contributed by atoms with van der Waals surface area (Å²) < 4.78 is 0. The quantitative estimate of drug-likeness (QED) is 0.746. The second-order valence-electron chi connectivity index (χ2n) is 8.91. The van der Waals surface area contributed by atoms with Gasteiger partial charge in [-0.1, -0.05) is 48.5 Å². The molecule has 2 aromatic rings. The number of carbonyl (C=O) groups excluding carboxylic acids is 3. The topological polar surface area (TPSA) is 69.7 Å².